The molecule has 142 valence electrons. The lowest BCUT2D eigenvalue weighted by Gasteiger charge is -2.19. The van der Waals surface area contributed by atoms with Crippen LogP contribution in [0.15, 0.2) is 45.8 Å². The molecule has 5 nitrogen and oxygen atoms in total. The number of hydrogen-bond donors (Lipinski definition) is 3. The molecule has 0 aliphatic rings. The highest BCUT2D eigenvalue weighted by Crippen LogP contribution is 2.23. The first-order valence-electron chi connectivity index (χ1n) is 8.96. The van der Waals surface area contributed by atoms with Gasteiger partial charge in [-0.15, -0.1) is 0 Å². The van der Waals surface area contributed by atoms with E-state index in [0.29, 0.717) is 18.3 Å². The van der Waals surface area contributed by atoms with Crippen molar-refractivity contribution in [3.8, 4) is 0 Å². The standard InChI is InChI=1S/C20H28FN3O2/c1-4-22-19(23-12-6-8-16-7-5-9-17(21)13-16)24-14-20(3,25)18-11-10-15(2)26-18/h5,7,9-11,13,25H,4,6,8,12,14H2,1-3H3,(H2,22,23,24). The molecule has 1 unspecified atom stereocenters. The lowest BCUT2D eigenvalue weighted by atomic mass is 10.0. The summed E-state index contributed by atoms with van der Waals surface area (Å²) in [5.74, 6) is 1.68. The molecular formula is C20H28FN3O2. The lowest BCUT2D eigenvalue weighted by molar-refractivity contribution is 0.0428. The monoisotopic (exact) mass is 361 g/mol. The summed E-state index contributed by atoms with van der Waals surface area (Å²) < 4.78 is 18.7. The van der Waals surface area contributed by atoms with Crippen LogP contribution in [0.1, 0.15) is 37.4 Å². The van der Waals surface area contributed by atoms with Crippen molar-refractivity contribution in [1.82, 2.24) is 10.6 Å². The van der Waals surface area contributed by atoms with Gasteiger partial charge in [0.15, 0.2) is 5.96 Å². The number of halogens is 1. The molecule has 1 aromatic heterocycles. The largest absolute Gasteiger partial charge is 0.463 e. The highest BCUT2D eigenvalue weighted by atomic mass is 19.1. The Morgan fingerprint density at radius 1 is 1.27 bits per heavy atom. The zero-order valence-electron chi connectivity index (χ0n) is 15.7. The van der Waals surface area contributed by atoms with Crippen molar-refractivity contribution in [3.05, 3.63) is 59.3 Å². The summed E-state index contributed by atoms with van der Waals surface area (Å²) in [5.41, 5.74) is -0.192. The molecule has 2 aromatic rings. The topological polar surface area (TPSA) is 69.8 Å². The molecule has 2 rings (SSSR count). The smallest absolute Gasteiger partial charge is 0.191 e. The Morgan fingerprint density at radius 3 is 2.73 bits per heavy atom. The van der Waals surface area contributed by atoms with Gasteiger partial charge in [0.1, 0.15) is 22.9 Å². The maximum Gasteiger partial charge on any atom is 0.191 e. The maximum absolute atomic E-state index is 13.2. The minimum atomic E-state index is -1.17. The number of aryl methyl sites for hydroxylation is 2. The van der Waals surface area contributed by atoms with E-state index in [-0.39, 0.29) is 12.4 Å². The number of rotatable bonds is 8. The van der Waals surface area contributed by atoms with E-state index in [1.54, 1.807) is 25.1 Å². The SMILES string of the molecule is CCNC(=NCC(C)(O)c1ccc(C)o1)NCCCc1cccc(F)c1. The fourth-order valence-corrected chi connectivity index (χ4v) is 2.57. The van der Waals surface area contributed by atoms with Gasteiger partial charge >= 0.3 is 0 Å². The summed E-state index contributed by atoms with van der Waals surface area (Å²) in [6.07, 6.45) is 1.63. The number of furan rings is 1. The molecule has 0 aliphatic carbocycles. The van der Waals surface area contributed by atoms with Gasteiger partial charge < -0.3 is 20.2 Å². The summed E-state index contributed by atoms with van der Waals surface area (Å²) in [4.78, 5) is 4.45. The molecule has 0 aliphatic heterocycles. The fraction of sp³-hybridized carbons (Fsp3) is 0.450. The Bertz CT molecular complexity index is 725. The highest BCUT2D eigenvalue weighted by molar-refractivity contribution is 5.79. The molecule has 0 radical (unpaired) electrons. The minimum absolute atomic E-state index is 0.180. The first-order chi connectivity index (χ1) is 12.4. The number of aliphatic imine (C=N–C) groups is 1. The van der Waals surface area contributed by atoms with Crippen LogP contribution < -0.4 is 10.6 Å². The van der Waals surface area contributed by atoms with Crippen molar-refractivity contribution < 1.29 is 13.9 Å². The van der Waals surface area contributed by atoms with E-state index < -0.39 is 5.60 Å². The van der Waals surface area contributed by atoms with E-state index in [1.165, 1.54) is 6.07 Å². The van der Waals surface area contributed by atoms with Crippen LogP contribution in [-0.2, 0) is 12.0 Å². The highest BCUT2D eigenvalue weighted by Gasteiger charge is 2.26. The molecule has 0 amide bonds. The van der Waals surface area contributed by atoms with Crippen molar-refractivity contribution >= 4 is 5.96 Å². The van der Waals surface area contributed by atoms with E-state index >= 15 is 0 Å². The van der Waals surface area contributed by atoms with Crippen LogP contribution in [0.25, 0.3) is 0 Å². The molecule has 0 fully saturated rings. The number of guanidine groups is 1. The average Bonchev–Trinajstić information content (AvgIpc) is 3.04. The number of benzene rings is 1. The zero-order chi connectivity index (χ0) is 19.0. The quantitative estimate of drug-likeness (QED) is 0.384. The van der Waals surface area contributed by atoms with Gasteiger partial charge in [-0.1, -0.05) is 12.1 Å². The maximum atomic E-state index is 13.2. The third kappa shape index (κ3) is 6.19. The van der Waals surface area contributed by atoms with Crippen LogP contribution in [0, 0.1) is 12.7 Å². The molecular weight excluding hydrogens is 333 g/mol. The Labute approximate surface area is 154 Å². The number of nitrogens with one attached hydrogen (secondary N) is 2. The predicted molar refractivity (Wildman–Crippen MR) is 102 cm³/mol. The van der Waals surface area contributed by atoms with Crippen LogP contribution in [0.3, 0.4) is 0 Å². The molecule has 26 heavy (non-hydrogen) atoms. The lowest BCUT2D eigenvalue weighted by Crippen LogP contribution is -2.39. The van der Waals surface area contributed by atoms with Gasteiger partial charge in [0.05, 0.1) is 6.54 Å². The first kappa shape index (κ1) is 20.0. The Hall–Kier alpha value is -2.34. The van der Waals surface area contributed by atoms with Crippen LogP contribution in [0.2, 0.25) is 0 Å². The number of hydrogen-bond acceptors (Lipinski definition) is 3. The zero-order valence-corrected chi connectivity index (χ0v) is 15.7. The molecule has 6 heteroatoms. The van der Waals surface area contributed by atoms with Crippen LogP contribution in [0.4, 0.5) is 4.39 Å². The molecule has 3 N–H and O–H groups in total. The van der Waals surface area contributed by atoms with Crippen molar-refractivity contribution in [3.63, 3.8) is 0 Å². The molecule has 0 saturated heterocycles. The van der Waals surface area contributed by atoms with E-state index in [0.717, 1.165) is 30.7 Å². The first-order valence-corrected chi connectivity index (χ1v) is 8.96. The number of nitrogens with zero attached hydrogens (tertiary/aromatic N) is 1. The third-order valence-corrected chi connectivity index (χ3v) is 3.98. The number of aliphatic hydroxyl groups is 1. The Balaban J connectivity index is 1.86. The summed E-state index contributed by atoms with van der Waals surface area (Å²) in [6.45, 7) is 7.11. The summed E-state index contributed by atoms with van der Waals surface area (Å²) >= 11 is 0. The van der Waals surface area contributed by atoms with Crippen molar-refractivity contribution in [2.24, 2.45) is 4.99 Å². The summed E-state index contributed by atoms with van der Waals surface area (Å²) in [6, 6.07) is 10.2. The summed E-state index contributed by atoms with van der Waals surface area (Å²) in [5, 5.41) is 17.0. The van der Waals surface area contributed by atoms with Crippen molar-refractivity contribution in [2.75, 3.05) is 19.6 Å². The molecule has 0 saturated carbocycles. The molecule has 1 aromatic carbocycles. The molecule has 0 spiro atoms. The predicted octanol–water partition coefficient (Wildman–Crippen LogP) is 3.12. The van der Waals surface area contributed by atoms with Crippen molar-refractivity contribution in [2.45, 2.75) is 39.2 Å². The van der Waals surface area contributed by atoms with E-state index in [9.17, 15) is 9.50 Å². The van der Waals surface area contributed by atoms with E-state index in [1.807, 2.05) is 26.0 Å². The van der Waals surface area contributed by atoms with Crippen molar-refractivity contribution in [1.29, 1.82) is 0 Å². The minimum Gasteiger partial charge on any atom is -0.463 e. The normalized spacial score (nSPS) is 14.1. The van der Waals surface area contributed by atoms with Crippen LogP contribution in [-0.4, -0.2) is 30.7 Å². The molecule has 1 atom stereocenters. The van der Waals surface area contributed by atoms with Gasteiger partial charge in [-0.2, -0.15) is 0 Å². The van der Waals surface area contributed by atoms with Gasteiger partial charge in [-0.25, -0.2) is 9.38 Å². The Morgan fingerprint density at radius 2 is 2.08 bits per heavy atom. The van der Waals surface area contributed by atoms with Gasteiger partial charge in [0, 0.05) is 13.1 Å². The van der Waals surface area contributed by atoms with E-state index in [4.69, 9.17) is 4.42 Å². The average molecular weight is 361 g/mol. The second-order valence-electron chi connectivity index (χ2n) is 6.54. The van der Waals surface area contributed by atoms with E-state index in [2.05, 4.69) is 15.6 Å². The second kappa shape index (κ2) is 9.38. The molecule has 0 bridgehead atoms. The van der Waals surface area contributed by atoms with Gasteiger partial charge in [-0.3, -0.25) is 0 Å². The fourth-order valence-electron chi connectivity index (χ4n) is 2.57. The van der Waals surface area contributed by atoms with Crippen LogP contribution >= 0.6 is 0 Å². The third-order valence-electron chi connectivity index (χ3n) is 3.98. The van der Waals surface area contributed by atoms with Gasteiger partial charge in [0.2, 0.25) is 0 Å². The molecule has 1 heterocycles. The van der Waals surface area contributed by atoms with Gasteiger partial charge in [-0.05, 0) is 63.4 Å². The van der Waals surface area contributed by atoms with Crippen LogP contribution in [0.5, 0.6) is 0 Å². The Kier molecular flexibility index (Phi) is 7.21. The summed E-state index contributed by atoms with van der Waals surface area (Å²) in [7, 11) is 0. The van der Waals surface area contributed by atoms with Gasteiger partial charge in [0.25, 0.3) is 0 Å². The second-order valence-corrected chi connectivity index (χ2v) is 6.54.